The second kappa shape index (κ2) is 5.68. The summed E-state index contributed by atoms with van der Waals surface area (Å²) in [5.74, 6) is -0.901. The van der Waals surface area contributed by atoms with Gasteiger partial charge in [0, 0.05) is 19.3 Å². The van der Waals surface area contributed by atoms with Crippen molar-refractivity contribution in [1.29, 1.82) is 0 Å². The van der Waals surface area contributed by atoms with Crippen molar-refractivity contribution in [1.82, 2.24) is 9.88 Å². The highest BCUT2D eigenvalue weighted by Gasteiger charge is 2.33. The highest BCUT2D eigenvalue weighted by molar-refractivity contribution is 5.94. The maximum absolute atomic E-state index is 13.5. The Labute approximate surface area is 113 Å². The van der Waals surface area contributed by atoms with Gasteiger partial charge in [-0.3, -0.25) is 4.79 Å². The zero-order chi connectivity index (χ0) is 13.9. The number of nitrogens with zero attached hydrogens (tertiary/aromatic N) is 2. The van der Waals surface area contributed by atoms with E-state index in [1.54, 1.807) is 11.0 Å². The Morgan fingerprint density at radius 3 is 2.53 bits per heavy atom. The van der Waals surface area contributed by atoms with Crippen LogP contribution in [0.3, 0.4) is 0 Å². The SMILES string of the molecule is CCC1(CC)CCN(C(=O)c2cccnc2F)CC1. The fraction of sp³-hybridized carbons (Fsp3) is 0.600. The number of pyridine rings is 1. The minimum Gasteiger partial charge on any atom is -0.338 e. The van der Waals surface area contributed by atoms with Crippen molar-refractivity contribution < 1.29 is 9.18 Å². The molecule has 0 atom stereocenters. The van der Waals surface area contributed by atoms with Crippen molar-refractivity contribution in [2.24, 2.45) is 5.41 Å². The second-order valence-corrected chi connectivity index (χ2v) is 5.34. The number of rotatable bonds is 3. The summed E-state index contributed by atoms with van der Waals surface area (Å²) >= 11 is 0. The largest absolute Gasteiger partial charge is 0.338 e. The van der Waals surface area contributed by atoms with Gasteiger partial charge in [-0.25, -0.2) is 4.98 Å². The maximum atomic E-state index is 13.5. The van der Waals surface area contributed by atoms with E-state index in [1.165, 1.54) is 12.3 Å². The number of halogens is 1. The monoisotopic (exact) mass is 264 g/mol. The lowest BCUT2D eigenvalue weighted by molar-refractivity contribution is 0.0552. The van der Waals surface area contributed by atoms with Crippen LogP contribution in [0.15, 0.2) is 18.3 Å². The summed E-state index contributed by atoms with van der Waals surface area (Å²) in [5.41, 5.74) is 0.451. The molecule has 0 N–H and O–H groups in total. The Bertz CT molecular complexity index is 447. The molecule has 1 aliphatic heterocycles. The summed E-state index contributed by atoms with van der Waals surface area (Å²) in [6.45, 7) is 5.85. The molecule has 0 spiro atoms. The number of hydrogen-bond donors (Lipinski definition) is 0. The fourth-order valence-corrected chi connectivity index (χ4v) is 2.86. The predicted molar refractivity (Wildman–Crippen MR) is 72.3 cm³/mol. The third-order valence-electron chi connectivity index (χ3n) is 4.60. The quantitative estimate of drug-likeness (QED) is 0.785. The summed E-state index contributed by atoms with van der Waals surface area (Å²) in [6.07, 6.45) is 5.67. The van der Waals surface area contributed by atoms with Gasteiger partial charge >= 0.3 is 0 Å². The molecule has 4 heteroatoms. The number of amides is 1. The number of carbonyl (C=O) groups excluding carboxylic acids is 1. The van der Waals surface area contributed by atoms with Gasteiger partial charge < -0.3 is 4.90 Å². The molecule has 2 heterocycles. The molecule has 1 aliphatic rings. The third kappa shape index (κ3) is 2.77. The molecule has 0 saturated carbocycles. The molecule has 0 bridgehead atoms. The van der Waals surface area contributed by atoms with Crippen LogP contribution in [0.1, 0.15) is 49.9 Å². The van der Waals surface area contributed by atoms with Crippen LogP contribution in [-0.4, -0.2) is 28.9 Å². The summed E-state index contributed by atoms with van der Waals surface area (Å²) < 4.78 is 13.5. The average Bonchev–Trinajstić information content (AvgIpc) is 2.47. The molecule has 0 aliphatic carbocycles. The molecule has 3 nitrogen and oxygen atoms in total. The van der Waals surface area contributed by atoms with Gasteiger partial charge in [-0.15, -0.1) is 0 Å². The first-order valence-corrected chi connectivity index (χ1v) is 7.01. The number of piperidine rings is 1. The minimum absolute atomic E-state index is 0.0861. The molecule has 1 amide bonds. The normalized spacial score (nSPS) is 18.4. The molecule has 0 unspecified atom stereocenters. The van der Waals surface area contributed by atoms with Gasteiger partial charge in [-0.2, -0.15) is 4.39 Å². The molecule has 2 rings (SSSR count). The molecular formula is C15H21FN2O. The Balaban J connectivity index is 2.06. The molecule has 19 heavy (non-hydrogen) atoms. The Morgan fingerprint density at radius 2 is 2.00 bits per heavy atom. The molecule has 1 aromatic heterocycles. The third-order valence-corrected chi connectivity index (χ3v) is 4.60. The maximum Gasteiger partial charge on any atom is 0.258 e. The van der Waals surface area contributed by atoms with E-state index >= 15 is 0 Å². The van der Waals surface area contributed by atoms with Crippen LogP contribution in [0.2, 0.25) is 0 Å². The smallest absolute Gasteiger partial charge is 0.258 e. The van der Waals surface area contributed by atoms with Crippen LogP contribution in [0, 0.1) is 11.4 Å². The van der Waals surface area contributed by atoms with E-state index in [1.807, 2.05) is 0 Å². The zero-order valence-electron chi connectivity index (χ0n) is 11.7. The number of aromatic nitrogens is 1. The van der Waals surface area contributed by atoms with Gasteiger partial charge in [0.25, 0.3) is 5.91 Å². The van der Waals surface area contributed by atoms with Gasteiger partial charge in [-0.1, -0.05) is 26.7 Å². The average molecular weight is 264 g/mol. The zero-order valence-corrected chi connectivity index (χ0v) is 11.7. The summed E-state index contributed by atoms with van der Waals surface area (Å²) in [7, 11) is 0. The van der Waals surface area contributed by atoms with Gasteiger partial charge in [0.05, 0.1) is 5.56 Å². The van der Waals surface area contributed by atoms with Gasteiger partial charge in [0.15, 0.2) is 0 Å². The van der Waals surface area contributed by atoms with Gasteiger partial charge in [0.1, 0.15) is 0 Å². The summed E-state index contributed by atoms with van der Waals surface area (Å²) in [6, 6.07) is 3.11. The molecule has 1 fully saturated rings. The van der Waals surface area contributed by atoms with Crippen molar-refractivity contribution in [2.75, 3.05) is 13.1 Å². The molecule has 0 radical (unpaired) electrons. The van der Waals surface area contributed by atoms with E-state index in [0.29, 0.717) is 5.41 Å². The molecule has 1 saturated heterocycles. The highest BCUT2D eigenvalue weighted by Crippen LogP contribution is 2.38. The van der Waals surface area contributed by atoms with E-state index in [4.69, 9.17) is 0 Å². The lowest BCUT2D eigenvalue weighted by Crippen LogP contribution is -2.43. The van der Waals surface area contributed by atoms with Crippen molar-refractivity contribution in [3.63, 3.8) is 0 Å². The van der Waals surface area contributed by atoms with E-state index in [2.05, 4.69) is 18.8 Å². The lowest BCUT2D eigenvalue weighted by atomic mass is 9.74. The Kier molecular flexibility index (Phi) is 4.17. The van der Waals surface area contributed by atoms with Crippen LogP contribution < -0.4 is 0 Å². The fourth-order valence-electron chi connectivity index (χ4n) is 2.86. The van der Waals surface area contributed by atoms with Crippen molar-refractivity contribution in [2.45, 2.75) is 39.5 Å². The lowest BCUT2D eigenvalue weighted by Gasteiger charge is -2.41. The van der Waals surface area contributed by atoms with E-state index in [0.717, 1.165) is 38.8 Å². The van der Waals surface area contributed by atoms with Crippen molar-refractivity contribution >= 4 is 5.91 Å². The topological polar surface area (TPSA) is 33.2 Å². The number of hydrogen-bond acceptors (Lipinski definition) is 2. The predicted octanol–water partition coefficient (Wildman–Crippen LogP) is 3.26. The molecule has 104 valence electrons. The van der Waals surface area contributed by atoms with Crippen LogP contribution in [-0.2, 0) is 0 Å². The second-order valence-electron chi connectivity index (χ2n) is 5.34. The molecule has 1 aromatic rings. The van der Waals surface area contributed by atoms with Gasteiger partial charge in [-0.05, 0) is 30.4 Å². The number of carbonyl (C=O) groups is 1. The molecule has 0 aromatic carbocycles. The first kappa shape index (κ1) is 14.0. The van der Waals surface area contributed by atoms with E-state index in [9.17, 15) is 9.18 Å². The number of likely N-dealkylation sites (tertiary alicyclic amines) is 1. The summed E-state index contributed by atoms with van der Waals surface area (Å²) in [5, 5.41) is 0. The van der Waals surface area contributed by atoms with Gasteiger partial charge in [0.2, 0.25) is 5.95 Å². The van der Waals surface area contributed by atoms with Crippen molar-refractivity contribution in [3.05, 3.63) is 29.8 Å². The standard InChI is InChI=1S/C15H21FN2O/c1-3-15(4-2)7-10-18(11-8-15)14(19)12-6-5-9-17-13(12)16/h5-6,9H,3-4,7-8,10-11H2,1-2H3. The van der Waals surface area contributed by atoms with Crippen LogP contribution >= 0.6 is 0 Å². The minimum atomic E-state index is -0.671. The Morgan fingerprint density at radius 1 is 1.37 bits per heavy atom. The van der Waals surface area contributed by atoms with E-state index in [-0.39, 0.29) is 11.5 Å². The first-order valence-electron chi connectivity index (χ1n) is 7.01. The Hall–Kier alpha value is -1.45. The van der Waals surface area contributed by atoms with Crippen LogP contribution in [0.4, 0.5) is 4.39 Å². The highest BCUT2D eigenvalue weighted by atomic mass is 19.1. The van der Waals surface area contributed by atoms with Crippen molar-refractivity contribution in [3.8, 4) is 0 Å². The van der Waals surface area contributed by atoms with E-state index < -0.39 is 5.95 Å². The summed E-state index contributed by atoms with van der Waals surface area (Å²) in [4.78, 5) is 17.5. The van der Waals surface area contributed by atoms with Crippen LogP contribution in [0.25, 0.3) is 0 Å². The first-order chi connectivity index (χ1) is 9.12. The van der Waals surface area contributed by atoms with Crippen LogP contribution in [0.5, 0.6) is 0 Å². The molecular weight excluding hydrogens is 243 g/mol.